The molecule has 3 fully saturated rings. The molecular formula is C29H38N2O4. The first-order chi connectivity index (χ1) is 16.9. The van der Waals surface area contributed by atoms with Gasteiger partial charge in [-0.25, -0.2) is 0 Å². The van der Waals surface area contributed by atoms with Gasteiger partial charge in [0.2, 0.25) is 5.91 Å². The van der Waals surface area contributed by atoms with Gasteiger partial charge in [-0.15, -0.1) is 0 Å². The summed E-state index contributed by atoms with van der Waals surface area (Å²) < 4.78 is 0. The molecule has 188 valence electrons. The first kappa shape index (κ1) is 24.1. The van der Waals surface area contributed by atoms with Gasteiger partial charge in [0.05, 0.1) is 6.04 Å². The summed E-state index contributed by atoms with van der Waals surface area (Å²) in [6.45, 7) is 5.14. The molecule has 0 aromatic rings. The van der Waals surface area contributed by atoms with E-state index in [9.17, 15) is 19.5 Å². The monoisotopic (exact) mass is 478 g/mol. The van der Waals surface area contributed by atoms with Crippen molar-refractivity contribution in [2.75, 3.05) is 6.54 Å². The highest BCUT2D eigenvalue weighted by Gasteiger charge is 2.52. The van der Waals surface area contributed by atoms with E-state index in [2.05, 4.69) is 36.6 Å². The minimum Gasteiger partial charge on any atom is -0.507 e. The Kier molecular flexibility index (Phi) is 6.73. The fourth-order valence-electron chi connectivity index (χ4n) is 7.92. The first-order valence-corrected chi connectivity index (χ1v) is 13.5. The van der Waals surface area contributed by atoms with Crippen molar-refractivity contribution in [1.29, 1.82) is 0 Å². The number of aliphatic hydroxyl groups excluding tert-OH is 1. The highest BCUT2D eigenvalue weighted by Crippen LogP contribution is 2.59. The van der Waals surface area contributed by atoms with E-state index in [4.69, 9.17) is 0 Å². The Labute approximate surface area is 208 Å². The van der Waals surface area contributed by atoms with Gasteiger partial charge in [-0.2, -0.15) is 0 Å². The number of rotatable bonds is 1. The Bertz CT molecular complexity index is 1010. The van der Waals surface area contributed by atoms with E-state index < -0.39 is 11.9 Å². The molecule has 9 atom stereocenters. The molecule has 5 aliphatic rings. The summed E-state index contributed by atoms with van der Waals surface area (Å²) in [7, 11) is 0. The fourth-order valence-corrected chi connectivity index (χ4v) is 7.92. The van der Waals surface area contributed by atoms with Gasteiger partial charge in [-0.3, -0.25) is 14.4 Å². The molecule has 2 amide bonds. The number of hydrogen-bond acceptors (Lipinski definition) is 4. The second-order valence-electron chi connectivity index (χ2n) is 11.3. The zero-order valence-electron chi connectivity index (χ0n) is 20.8. The topological polar surface area (TPSA) is 95.5 Å². The highest BCUT2D eigenvalue weighted by molar-refractivity contribution is 6.27. The third-order valence-electron chi connectivity index (χ3n) is 9.52. The molecule has 2 bridgehead atoms. The van der Waals surface area contributed by atoms with Crippen LogP contribution in [0.3, 0.4) is 0 Å². The maximum atomic E-state index is 12.8. The molecule has 35 heavy (non-hydrogen) atoms. The van der Waals surface area contributed by atoms with Crippen molar-refractivity contribution in [2.45, 2.75) is 58.4 Å². The van der Waals surface area contributed by atoms with Crippen molar-refractivity contribution in [3.8, 4) is 0 Å². The second-order valence-corrected chi connectivity index (χ2v) is 11.3. The van der Waals surface area contributed by atoms with Gasteiger partial charge in [0.1, 0.15) is 11.3 Å². The smallest absolute Gasteiger partial charge is 0.259 e. The van der Waals surface area contributed by atoms with Crippen LogP contribution in [-0.4, -0.2) is 35.3 Å². The van der Waals surface area contributed by atoms with Crippen molar-refractivity contribution in [3.05, 3.63) is 47.8 Å². The summed E-state index contributed by atoms with van der Waals surface area (Å²) in [5.74, 6) is 3.16. The molecular weight excluding hydrogens is 440 g/mol. The summed E-state index contributed by atoms with van der Waals surface area (Å²) in [5, 5.41) is 16.3. The van der Waals surface area contributed by atoms with Crippen LogP contribution in [0.1, 0.15) is 52.4 Å². The van der Waals surface area contributed by atoms with E-state index in [1.165, 1.54) is 12.8 Å². The van der Waals surface area contributed by atoms with Crippen molar-refractivity contribution in [3.63, 3.8) is 0 Å². The van der Waals surface area contributed by atoms with Crippen LogP contribution >= 0.6 is 0 Å². The van der Waals surface area contributed by atoms with Crippen LogP contribution in [0.2, 0.25) is 0 Å². The number of ketones is 1. The SMILES string of the molecule is CC[C@H]1[C@H]2C=C[C@@H]3[C@@H](C[C@H]4/C=C\C(O)=C5\C(=O)N[C@H](CCCNC(=O)/C=C/C[C@@H]34)C5=O)[C@H]2C[C@H]1C. The Balaban J connectivity index is 1.46. The molecule has 3 aliphatic carbocycles. The van der Waals surface area contributed by atoms with E-state index in [1.807, 2.05) is 12.2 Å². The lowest BCUT2D eigenvalue weighted by Gasteiger charge is -2.35. The molecule has 0 aromatic heterocycles. The molecule has 6 nitrogen and oxygen atoms in total. The van der Waals surface area contributed by atoms with Crippen LogP contribution in [-0.2, 0) is 14.4 Å². The van der Waals surface area contributed by atoms with Gasteiger partial charge in [0, 0.05) is 6.54 Å². The number of carbonyl (C=O) groups is 3. The molecule has 0 radical (unpaired) electrons. The quantitative estimate of drug-likeness (QED) is 0.392. The number of Topliss-reactive ketones (excluding diaryl/α,β-unsaturated/α-hetero) is 1. The zero-order valence-corrected chi connectivity index (χ0v) is 20.8. The van der Waals surface area contributed by atoms with Crippen molar-refractivity contribution >= 4 is 17.6 Å². The number of amides is 2. The average Bonchev–Trinajstić information content (AvgIpc) is 3.44. The van der Waals surface area contributed by atoms with Gasteiger partial charge < -0.3 is 15.7 Å². The summed E-state index contributed by atoms with van der Waals surface area (Å²) in [5.41, 5.74) is -0.135. The predicted octanol–water partition coefficient (Wildman–Crippen LogP) is 4.02. The van der Waals surface area contributed by atoms with E-state index in [-0.39, 0.29) is 28.9 Å². The maximum Gasteiger partial charge on any atom is 0.259 e. The highest BCUT2D eigenvalue weighted by atomic mass is 16.3. The Hall–Kier alpha value is -2.63. The van der Waals surface area contributed by atoms with E-state index >= 15 is 0 Å². The predicted molar refractivity (Wildman–Crippen MR) is 134 cm³/mol. The minimum absolute atomic E-state index is 0.117. The molecule has 2 saturated carbocycles. The van der Waals surface area contributed by atoms with Gasteiger partial charge >= 0.3 is 0 Å². The third kappa shape index (κ3) is 4.41. The largest absolute Gasteiger partial charge is 0.507 e. The van der Waals surface area contributed by atoms with Crippen molar-refractivity contribution < 1.29 is 19.5 Å². The van der Waals surface area contributed by atoms with Gasteiger partial charge in [0.25, 0.3) is 5.91 Å². The minimum atomic E-state index is -0.645. The van der Waals surface area contributed by atoms with Crippen LogP contribution in [0.5, 0.6) is 0 Å². The molecule has 2 heterocycles. The fraction of sp³-hybridized carbons (Fsp3) is 0.621. The van der Waals surface area contributed by atoms with Crippen LogP contribution < -0.4 is 10.6 Å². The summed E-state index contributed by atoms with van der Waals surface area (Å²) in [6.07, 6.45) is 17.4. The lowest BCUT2D eigenvalue weighted by molar-refractivity contribution is -0.118. The Morgan fingerprint density at radius 1 is 1.00 bits per heavy atom. The first-order valence-electron chi connectivity index (χ1n) is 13.5. The number of nitrogens with one attached hydrogen (secondary N) is 2. The summed E-state index contributed by atoms with van der Waals surface area (Å²) in [4.78, 5) is 37.6. The molecule has 3 N–H and O–H groups in total. The summed E-state index contributed by atoms with van der Waals surface area (Å²) >= 11 is 0. The van der Waals surface area contributed by atoms with Crippen LogP contribution in [0.25, 0.3) is 0 Å². The van der Waals surface area contributed by atoms with Crippen LogP contribution in [0.15, 0.2) is 47.8 Å². The van der Waals surface area contributed by atoms with Gasteiger partial charge in [-0.1, -0.05) is 44.6 Å². The Morgan fingerprint density at radius 3 is 2.57 bits per heavy atom. The number of hydrogen-bond donors (Lipinski definition) is 3. The molecule has 2 aliphatic heterocycles. The van der Waals surface area contributed by atoms with E-state index in [0.29, 0.717) is 49.0 Å². The zero-order chi connectivity index (χ0) is 24.7. The number of carbonyl (C=O) groups excluding carboxylic acids is 3. The van der Waals surface area contributed by atoms with Gasteiger partial charge in [-0.05, 0) is 91.6 Å². The maximum absolute atomic E-state index is 12.8. The summed E-state index contributed by atoms with van der Waals surface area (Å²) in [6, 6.07) is -0.645. The number of aliphatic hydroxyl groups is 1. The van der Waals surface area contributed by atoms with Crippen molar-refractivity contribution in [2.24, 2.45) is 47.3 Å². The lowest BCUT2D eigenvalue weighted by Crippen LogP contribution is -2.31. The molecule has 0 spiro atoms. The van der Waals surface area contributed by atoms with E-state index in [0.717, 1.165) is 24.7 Å². The molecule has 1 saturated heterocycles. The normalized spacial score (nSPS) is 45.3. The molecule has 5 rings (SSSR count). The van der Waals surface area contributed by atoms with E-state index in [1.54, 1.807) is 12.2 Å². The average molecular weight is 479 g/mol. The van der Waals surface area contributed by atoms with Crippen molar-refractivity contribution in [1.82, 2.24) is 10.6 Å². The van der Waals surface area contributed by atoms with Crippen LogP contribution in [0.4, 0.5) is 0 Å². The molecule has 6 heteroatoms. The molecule has 0 unspecified atom stereocenters. The lowest BCUT2D eigenvalue weighted by atomic mass is 9.69. The molecule has 0 aromatic carbocycles. The number of fused-ring (bicyclic) bond motifs is 7. The van der Waals surface area contributed by atoms with Gasteiger partial charge in [0.15, 0.2) is 5.78 Å². The Morgan fingerprint density at radius 2 is 1.77 bits per heavy atom. The standard InChI is InChI=1S/C29H38N2O4/c1-3-18-16(2)14-22-20(18)10-11-21-19-6-4-8-26(33)30-13-5-7-24-28(34)27(29(35)31-24)25(32)12-9-17(19)15-23(21)22/h4,8-12,16-24,32H,3,5-7,13-15H2,1-2H3,(H,30,33)(H,31,35)/b8-4+,12-9-,27-25-/t16-,17-,18-,19-,20-,21+,22+,23-,24-/m1/s1. The van der Waals surface area contributed by atoms with Crippen LogP contribution in [0, 0.1) is 47.3 Å². The third-order valence-corrected chi connectivity index (χ3v) is 9.52. The second kappa shape index (κ2) is 9.79. The number of allylic oxidation sites excluding steroid dienone is 5.